The zero-order valence-electron chi connectivity index (χ0n) is 13.1. The Hall–Kier alpha value is -1.75. The lowest BCUT2D eigenvalue weighted by Crippen LogP contribution is -2.40. The number of amides is 1. The molecule has 1 saturated heterocycles. The highest BCUT2D eigenvalue weighted by molar-refractivity contribution is 5.97. The number of methoxy groups -OCH3 is 1. The van der Waals surface area contributed by atoms with E-state index in [4.69, 9.17) is 10.5 Å². The van der Waals surface area contributed by atoms with Crippen molar-refractivity contribution in [1.29, 1.82) is 0 Å². The molecule has 0 aliphatic carbocycles. The van der Waals surface area contributed by atoms with Gasteiger partial charge in [0, 0.05) is 31.4 Å². The number of nitrogens with zero attached hydrogens (tertiary/aromatic N) is 2. The zero-order valence-corrected chi connectivity index (χ0v) is 13.1. The fourth-order valence-electron chi connectivity index (χ4n) is 2.89. The summed E-state index contributed by atoms with van der Waals surface area (Å²) in [5.41, 5.74) is 6.94. The number of hydrogen-bond acceptors (Lipinski definition) is 4. The fraction of sp³-hybridized carbons (Fsp3) is 0.562. The topological polar surface area (TPSA) is 58.8 Å². The average Bonchev–Trinajstić information content (AvgIpc) is 2.46. The van der Waals surface area contributed by atoms with Crippen LogP contribution in [-0.2, 0) is 0 Å². The summed E-state index contributed by atoms with van der Waals surface area (Å²) in [7, 11) is 5.75. The van der Waals surface area contributed by atoms with Crippen molar-refractivity contribution in [3.63, 3.8) is 0 Å². The number of hydrogen-bond donors (Lipinski definition) is 1. The molecule has 1 fully saturated rings. The summed E-state index contributed by atoms with van der Waals surface area (Å²) in [6, 6.07) is 5.20. The third-order valence-corrected chi connectivity index (χ3v) is 3.98. The molecule has 2 N–H and O–H groups in total. The molecule has 1 heterocycles. The Balaban J connectivity index is 2.02. The molecule has 5 nitrogen and oxygen atoms in total. The lowest BCUT2D eigenvalue weighted by Gasteiger charge is -2.33. The Morgan fingerprint density at radius 2 is 2.05 bits per heavy atom. The van der Waals surface area contributed by atoms with Gasteiger partial charge in [0.2, 0.25) is 0 Å². The van der Waals surface area contributed by atoms with Crippen LogP contribution in [0, 0.1) is 5.92 Å². The maximum atomic E-state index is 12.6. The monoisotopic (exact) mass is 291 g/mol. The lowest BCUT2D eigenvalue weighted by molar-refractivity contribution is 0.0675. The molecule has 0 aromatic heterocycles. The third-order valence-electron chi connectivity index (χ3n) is 3.98. The van der Waals surface area contributed by atoms with Crippen molar-refractivity contribution in [3.8, 4) is 5.75 Å². The largest absolute Gasteiger partial charge is 0.496 e. The minimum absolute atomic E-state index is 0.0372. The summed E-state index contributed by atoms with van der Waals surface area (Å²) < 4.78 is 5.28. The molecule has 0 saturated carbocycles. The van der Waals surface area contributed by atoms with Crippen LogP contribution in [0.25, 0.3) is 0 Å². The van der Waals surface area contributed by atoms with E-state index in [-0.39, 0.29) is 5.91 Å². The molecule has 5 heteroatoms. The Morgan fingerprint density at radius 1 is 1.38 bits per heavy atom. The maximum Gasteiger partial charge on any atom is 0.257 e. The van der Waals surface area contributed by atoms with Gasteiger partial charge in [-0.05, 0) is 45.0 Å². The Bertz CT molecular complexity index is 494. The van der Waals surface area contributed by atoms with Crippen molar-refractivity contribution < 1.29 is 9.53 Å². The Morgan fingerprint density at radius 3 is 2.62 bits per heavy atom. The second kappa shape index (κ2) is 6.80. The van der Waals surface area contributed by atoms with E-state index in [2.05, 4.69) is 19.0 Å². The first-order valence-electron chi connectivity index (χ1n) is 7.38. The van der Waals surface area contributed by atoms with Gasteiger partial charge in [0.05, 0.1) is 12.7 Å². The van der Waals surface area contributed by atoms with Gasteiger partial charge in [-0.15, -0.1) is 0 Å². The molecule has 1 aromatic carbocycles. The van der Waals surface area contributed by atoms with Crippen LogP contribution in [0.4, 0.5) is 5.69 Å². The van der Waals surface area contributed by atoms with Gasteiger partial charge in [-0.2, -0.15) is 0 Å². The maximum absolute atomic E-state index is 12.6. The number of rotatable bonds is 4. The van der Waals surface area contributed by atoms with Gasteiger partial charge in [0.25, 0.3) is 5.91 Å². The molecule has 0 radical (unpaired) electrons. The lowest BCUT2D eigenvalue weighted by atomic mass is 9.96. The molecule has 1 amide bonds. The number of carbonyl (C=O) groups is 1. The van der Waals surface area contributed by atoms with Crippen LogP contribution in [-0.4, -0.2) is 56.5 Å². The summed E-state index contributed by atoms with van der Waals surface area (Å²) >= 11 is 0. The molecule has 1 aliphatic rings. The highest BCUT2D eigenvalue weighted by Crippen LogP contribution is 2.25. The standard InChI is InChI=1S/C16H25N3O2/c1-18(2)11-12-6-8-19(9-7-12)16(20)14-5-4-13(17)10-15(14)21-3/h4-5,10,12H,6-9,11,17H2,1-3H3. The van der Waals surface area contributed by atoms with E-state index in [1.54, 1.807) is 25.3 Å². The SMILES string of the molecule is COc1cc(N)ccc1C(=O)N1CCC(CN(C)C)CC1. The van der Waals surface area contributed by atoms with E-state index in [9.17, 15) is 4.79 Å². The quantitative estimate of drug-likeness (QED) is 0.858. The van der Waals surface area contributed by atoms with Gasteiger partial charge in [-0.3, -0.25) is 4.79 Å². The highest BCUT2D eigenvalue weighted by atomic mass is 16.5. The van der Waals surface area contributed by atoms with Crippen molar-refractivity contribution in [2.24, 2.45) is 5.92 Å². The first kappa shape index (κ1) is 15.6. The fourth-order valence-corrected chi connectivity index (χ4v) is 2.89. The number of ether oxygens (including phenoxy) is 1. The smallest absolute Gasteiger partial charge is 0.257 e. The number of nitrogen functional groups attached to an aromatic ring is 1. The zero-order chi connectivity index (χ0) is 15.4. The van der Waals surface area contributed by atoms with Crippen molar-refractivity contribution in [2.45, 2.75) is 12.8 Å². The predicted molar refractivity (Wildman–Crippen MR) is 84.6 cm³/mol. The van der Waals surface area contributed by atoms with Crippen LogP contribution in [0.5, 0.6) is 5.75 Å². The summed E-state index contributed by atoms with van der Waals surface area (Å²) in [4.78, 5) is 16.7. The number of piperidine rings is 1. The van der Waals surface area contributed by atoms with Crippen LogP contribution in [0.3, 0.4) is 0 Å². The summed E-state index contributed by atoms with van der Waals surface area (Å²) in [6.45, 7) is 2.71. The first-order valence-corrected chi connectivity index (χ1v) is 7.38. The molecular weight excluding hydrogens is 266 g/mol. The Kier molecular flexibility index (Phi) is 5.07. The molecule has 116 valence electrons. The minimum Gasteiger partial charge on any atom is -0.496 e. The molecule has 0 atom stereocenters. The molecule has 0 unspecified atom stereocenters. The molecule has 21 heavy (non-hydrogen) atoms. The van der Waals surface area contributed by atoms with Crippen molar-refractivity contribution in [1.82, 2.24) is 9.80 Å². The predicted octanol–water partition coefficient (Wildman–Crippen LogP) is 1.69. The van der Waals surface area contributed by atoms with Crippen LogP contribution < -0.4 is 10.5 Å². The summed E-state index contributed by atoms with van der Waals surface area (Å²) in [5.74, 6) is 1.27. The van der Waals surface area contributed by atoms with Gasteiger partial charge in [0.15, 0.2) is 0 Å². The molecule has 0 spiro atoms. The normalized spacial score (nSPS) is 16.3. The summed E-state index contributed by atoms with van der Waals surface area (Å²) in [5, 5.41) is 0. The number of benzene rings is 1. The van der Waals surface area contributed by atoms with E-state index in [0.717, 1.165) is 32.5 Å². The average molecular weight is 291 g/mol. The first-order chi connectivity index (χ1) is 10.0. The van der Waals surface area contributed by atoms with E-state index < -0.39 is 0 Å². The van der Waals surface area contributed by atoms with Gasteiger partial charge in [-0.25, -0.2) is 0 Å². The van der Waals surface area contributed by atoms with Crippen molar-refractivity contribution in [3.05, 3.63) is 23.8 Å². The van der Waals surface area contributed by atoms with Crippen molar-refractivity contribution >= 4 is 11.6 Å². The third kappa shape index (κ3) is 3.88. The highest BCUT2D eigenvalue weighted by Gasteiger charge is 2.25. The van der Waals surface area contributed by atoms with Crippen molar-refractivity contribution in [2.75, 3.05) is 46.6 Å². The second-order valence-corrected chi connectivity index (χ2v) is 5.96. The molecule has 1 aromatic rings. The van der Waals surface area contributed by atoms with Crippen LogP contribution in [0.15, 0.2) is 18.2 Å². The molecular formula is C16H25N3O2. The minimum atomic E-state index is 0.0372. The molecule has 1 aliphatic heterocycles. The molecule has 0 bridgehead atoms. The van der Waals surface area contributed by atoms with Gasteiger partial charge >= 0.3 is 0 Å². The van der Waals surface area contributed by atoms with Crippen LogP contribution in [0.1, 0.15) is 23.2 Å². The number of nitrogens with two attached hydrogens (primary N) is 1. The van der Waals surface area contributed by atoms with Crippen LogP contribution in [0.2, 0.25) is 0 Å². The van der Waals surface area contributed by atoms with Gasteiger partial charge < -0.3 is 20.3 Å². The number of carbonyl (C=O) groups excluding carboxylic acids is 1. The molecule has 2 rings (SSSR count). The van der Waals surface area contributed by atoms with E-state index in [1.807, 2.05) is 4.90 Å². The van der Waals surface area contributed by atoms with Crippen LogP contribution >= 0.6 is 0 Å². The Labute approximate surface area is 126 Å². The second-order valence-electron chi connectivity index (χ2n) is 5.96. The van der Waals surface area contributed by atoms with E-state index in [0.29, 0.717) is 22.9 Å². The number of anilines is 1. The van der Waals surface area contributed by atoms with Gasteiger partial charge in [-0.1, -0.05) is 0 Å². The van der Waals surface area contributed by atoms with E-state index in [1.165, 1.54) is 0 Å². The van der Waals surface area contributed by atoms with E-state index >= 15 is 0 Å². The number of likely N-dealkylation sites (tertiary alicyclic amines) is 1. The summed E-state index contributed by atoms with van der Waals surface area (Å²) in [6.07, 6.45) is 2.11. The van der Waals surface area contributed by atoms with Gasteiger partial charge in [0.1, 0.15) is 5.75 Å².